The number of benzene rings is 1. The van der Waals surface area contributed by atoms with Gasteiger partial charge >= 0.3 is 6.09 Å². The summed E-state index contributed by atoms with van der Waals surface area (Å²) in [4.78, 5) is 23.0. The molecule has 0 aliphatic heterocycles. The van der Waals surface area contributed by atoms with E-state index >= 15 is 0 Å². The van der Waals surface area contributed by atoms with Crippen LogP contribution in [0.4, 0.5) is 4.79 Å². The van der Waals surface area contributed by atoms with E-state index in [1.165, 1.54) is 24.3 Å². The average molecular weight is 281 g/mol. The van der Waals surface area contributed by atoms with Gasteiger partial charge < -0.3 is 20.3 Å². The van der Waals surface area contributed by atoms with Crippen molar-refractivity contribution >= 4 is 11.9 Å². The second-order valence-corrected chi connectivity index (χ2v) is 5.34. The van der Waals surface area contributed by atoms with Crippen molar-refractivity contribution in [3.05, 3.63) is 29.8 Å². The maximum absolute atomic E-state index is 12.2. The van der Waals surface area contributed by atoms with Gasteiger partial charge in [0.15, 0.2) is 5.78 Å². The van der Waals surface area contributed by atoms with E-state index in [0.29, 0.717) is 5.56 Å². The summed E-state index contributed by atoms with van der Waals surface area (Å²) in [5, 5.41) is 20.1. The van der Waals surface area contributed by atoms with Gasteiger partial charge in [0, 0.05) is 5.56 Å². The van der Waals surface area contributed by atoms with Crippen LogP contribution in [0.5, 0.6) is 5.75 Å². The third-order valence-electron chi connectivity index (χ3n) is 2.45. The molecule has 0 saturated carbocycles. The van der Waals surface area contributed by atoms with Gasteiger partial charge in [-0.25, -0.2) is 4.79 Å². The predicted molar refractivity (Wildman–Crippen MR) is 73.1 cm³/mol. The molecule has 3 N–H and O–H groups in total. The van der Waals surface area contributed by atoms with E-state index in [1.54, 1.807) is 0 Å². The van der Waals surface area contributed by atoms with E-state index in [-0.39, 0.29) is 12.4 Å². The van der Waals surface area contributed by atoms with Crippen molar-refractivity contribution in [1.29, 1.82) is 0 Å². The Bertz CT molecular complexity index is 475. The van der Waals surface area contributed by atoms with Gasteiger partial charge in [0.05, 0.1) is 12.2 Å². The van der Waals surface area contributed by atoms with E-state index in [2.05, 4.69) is 5.32 Å². The zero-order valence-corrected chi connectivity index (χ0v) is 11.7. The second-order valence-electron chi connectivity index (χ2n) is 5.34. The number of rotatable bonds is 5. The number of carbonyl (C=O) groups is 2. The van der Waals surface area contributed by atoms with Crippen LogP contribution in [0.15, 0.2) is 24.3 Å². The van der Waals surface area contributed by atoms with Crippen LogP contribution in [0.1, 0.15) is 31.1 Å². The molecule has 1 atom stereocenters. The number of hydrogen-bond acceptors (Lipinski definition) is 4. The number of carboxylic acid groups (broad SMARTS) is 1. The highest BCUT2D eigenvalue weighted by molar-refractivity contribution is 6.01. The minimum absolute atomic E-state index is 0.0373. The highest BCUT2D eigenvalue weighted by Gasteiger charge is 2.24. The topological polar surface area (TPSA) is 95.9 Å². The molecule has 0 aromatic heterocycles. The molecule has 1 rings (SSSR count). The summed E-state index contributed by atoms with van der Waals surface area (Å²) < 4.78 is 5.46. The molecule has 1 aromatic carbocycles. The SMILES string of the molecule is CC(C)(C)OC[C@H](NC(=O)O)C(=O)c1ccc(O)cc1. The van der Waals surface area contributed by atoms with E-state index in [9.17, 15) is 14.7 Å². The van der Waals surface area contributed by atoms with Gasteiger partial charge in [-0.2, -0.15) is 0 Å². The van der Waals surface area contributed by atoms with Crippen molar-refractivity contribution < 1.29 is 24.5 Å². The van der Waals surface area contributed by atoms with Crippen molar-refractivity contribution in [1.82, 2.24) is 5.32 Å². The number of ketones is 1. The molecule has 0 bridgehead atoms. The molecule has 0 radical (unpaired) electrons. The normalized spacial score (nSPS) is 12.8. The third kappa shape index (κ3) is 5.27. The Labute approximate surface area is 117 Å². The summed E-state index contributed by atoms with van der Waals surface area (Å²) >= 11 is 0. The van der Waals surface area contributed by atoms with Crippen molar-refractivity contribution in [2.75, 3.05) is 6.61 Å². The van der Waals surface area contributed by atoms with Gasteiger partial charge in [-0.15, -0.1) is 0 Å². The van der Waals surface area contributed by atoms with E-state index in [0.717, 1.165) is 0 Å². The minimum Gasteiger partial charge on any atom is -0.508 e. The maximum atomic E-state index is 12.2. The van der Waals surface area contributed by atoms with E-state index in [1.807, 2.05) is 20.8 Å². The highest BCUT2D eigenvalue weighted by atomic mass is 16.5. The predicted octanol–water partition coefficient (Wildman–Crippen LogP) is 2.03. The quantitative estimate of drug-likeness (QED) is 0.718. The van der Waals surface area contributed by atoms with Crippen molar-refractivity contribution in [2.24, 2.45) is 0 Å². The minimum atomic E-state index is -1.29. The largest absolute Gasteiger partial charge is 0.508 e. The fourth-order valence-corrected chi connectivity index (χ4v) is 1.49. The second kappa shape index (κ2) is 6.38. The lowest BCUT2D eigenvalue weighted by atomic mass is 10.0. The molecule has 1 amide bonds. The third-order valence-corrected chi connectivity index (χ3v) is 2.45. The summed E-state index contributed by atoms with van der Waals surface area (Å²) in [5.41, 5.74) is -0.174. The van der Waals surface area contributed by atoms with Crippen LogP contribution in [0.2, 0.25) is 0 Å². The first-order valence-corrected chi connectivity index (χ1v) is 6.16. The van der Waals surface area contributed by atoms with Gasteiger partial charge in [0.1, 0.15) is 11.8 Å². The smallest absolute Gasteiger partial charge is 0.405 e. The Morgan fingerprint density at radius 2 is 1.80 bits per heavy atom. The first-order valence-electron chi connectivity index (χ1n) is 6.16. The summed E-state index contributed by atoms with van der Waals surface area (Å²) in [6.07, 6.45) is -1.29. The molecule has 0 saturated heterocycles. The lowest BCUT2D eigenvalue weighted by Crippen LogP contribution is -2.45. The lowest BCUT2D eigenvalue weighted by molar-refractivity contribution is -0.0113. The summed E-state index contributed by atoms with van der Waals surface area (Å²) in [7, 11) is 0. The van der Waals surface area contributed by atoms with Gasteiger partial charge in [0.2, 0.25) is 0 Å². The molecular weight excluding hydrogens is 262 g/mol. The number of Topliss-reactive ketones (excluding diaryl/α,β-unsaturated/α-hetero) is 1. The molecule has 6 nitrogen and oxygen atoms in total. The van der Waals surface area contributed by atoms with Gasteiger partial charge in [-0.3, -0.25) is 4.79 Å². The van der Waals surface area contributed by atoms with Gasteiger partial charge in [0.25, 0.3) is 0 Å². The Kier molecular flexibility index (Phi) is 5.10. The van der Waals surface area contributed by atoms with Crippen LogP contribution in [0.3, 0.4) is 0 Å². The molecule has 110 valence electrons. The van der Waals surface area contributed by atoms with Crippen LogP contribution in [-0.2, 0) is 4.74 Å². The van der Waals surface area contributed by atoms with Crippen molar-refractivity contribution in [3.63, 3.8) is 0 Å². The molecule has 1 aromatic rings. The van der Waals surface area contributed by atoms with Crippen molar-refractivity contribution in [2.45, 2.75) is 32.4 Å². The standard InChI is InChI=1S/C14H19NO5/c1-14(2,3)20-8-11(15-13(18)19)12(17)9-4-6-10(16)7-5-9/h4-7,11,15-16H,8H2,1-3H3,(H,18,19)/t11-/m0/s1. The molecule has 0 spiro atoms. The lowest BCUT2D eigenvalue weighted by Gasteiger charge is -2.23. The Balaban J connectivity index is 2.83. The zero-order valence-electron chi connectivity index (χ0n) is 11.7. The molecular formula is C14H19NO5. The van der Waals surface area contributed by atoms with E-state index in [4.69, 9.17) is 9.84 Å². The number of aromatic hydroxyl groups is 1. The highest BCUT2D eigenvalue weighted by Crippen LogP contribution is 2.13. The molecule has 0 heterocycles. The number of phenols is 1. The maximum Gasteiger partial charge on any atom is 0.405 e. The summed E-state index contributed by atoms with van der Waals surface area (Å²) in [6.45, 7) is 5.39. The number of hydrogen-bond donors (Lipinski definition) is 3. The molecule has 0 aliphatic rings. The number of carbonyl (C=O) groups excluding carboxylic acids is 1. The molecule has 0 fully saturated rings. The van der Waals surface area contributed by atoms with Crippen LogP contribution in [-0.4, -0.2) is 40.3 Å². The number of phenolic OH excluding ortho intramolecular Hbond substituents is 1. The molecule has 0 unspecified atom stereocenters. The Morgan fingerprint density at radius 3 is 2.25 bits per heavy atom. The fourth-order valence-electron chi connectivity index (χ4n) is 1.49. The van der Waals surface area contributed by atoms with Crippen LogP contribution < -0.4 is 5.32 Å². The molecule has 20 heavy (non-hydrogen) atoms. The van der Waals surface area contributed by atoms with Crippen LogP contribution >= 0.6 is 0 Å². The fraction of sp³-hybridized carbons (Fsp3) is 0.429. The van der Waals surface area contributed by atoms with Crippen LogP contribution in [0.25, 0.3) is 0 Å². The monoisotopic (exact) mass is 281 g/mol. The van der Waals surface area contributed by atoms with Crippen molar-refractivity contribution in [3.8, 4) is 5.75 Å². The van der Waals surface area contributed by atoms with Gasteiger partial charge in [-0.05, 0) is 45.0 Å². The summed E-state index contributed by atoms with van der Waals surface area (Å²) in [6, 6.07) is 4.62. The first kappa shape index (κ1) is 16.0. The zero-order chi connectivity index (χ0) is 15.3. The number of ether oxygens (including phenoxy) is 1. The summed E-state index contributed by atoms with van der Waals surface area (Å²) in [5.74, 6) is -0.369. The van der Waals surface area contributed by atoms with Gasteiger partial charge in [-0.1, -0.05) is 0 Å². The van der Waals surface area contributed by atoms with Crippen LogP contribution in [0, 0.1) is 0 Å². The Morgan fingerprint density at radius 1 is 1.25 bits per heavy atom. The van der Waals surface area contributed by atoms with E-state index < -0.39 is 23.5 Å². The number of amides is 1. The first-order chi connectivity index (χ1) is 9.19. The molecule has 6 heteroatoms. The average Bonchev–Trinajstić information content (AvgIpc) is 2.33. The number of nitrogens with one attached hydrogen (secondary N) is 1. The Hall–Kier alpha value is -2.08. The molecule has 0 aliphatic carbocycles.